The molecule has 2 fully saturated rings. The van der Waals surface area contributed by atoms with Crippen LogP contribution >= 0.6 is 0 Å². The molecular weight excluding hydrogens is 218 g/mol. The zero-order valence-electron chi connectivity index (χ0n) is 12.6. The average molecular weight is 251 g/mol. The van der Waals surface area contributed by atoms with E-state index in [0.717, 1.165) is 23.7 Å². The van der Waals surface area contributed by atoms with E-state index in [1.54, 1.807) is 0 Å². The van der Waals surface area contributed by atoms with Gasteiger partial charge in [-0.1, -0.05) is 52.4 Å². The monoisotopic (exact) mass is 251 g/mol. The molecule has 106 valence electrons. The smallest absolute Gasteiger partial charge is 0.00462 e. The summed E-state index contributed by atoms with van der Waals surface area (Å²) < 4.78 is 0. The van der Waals surface area contributed by atoms with Gasteiger partial charge in [-0.05, 0) is 56.0 Å². The van der Waals surface area contributed by atoms with Crippen LogP contribution < -0.4 is 5.32 Å². The molecule has 2 atom stereocenters. The summed E-state index contributed by atoms with van der Waals surface area (Å²) in [4.78, 5) is 0. The van der Waals surface area contributed by atoms with E-state index in [1.165, 1.54) is 70.9 Å². The van der Waals surface area contributed by atoms with Gasteiger partial charge in [0.25, 0.3) is 0 Å². The molecule has 18 heavy (non-hydrogen) atoms. The first-order valence-electron chi connectivity index (χ1n) is 8.52. The van der Waals surface area contributed by atoms with Crippen molar-refractivity contribution in [1.82, 2.24) is 5.32 Å². The maximum Gasteiger partial charge on any atom is -0.00462 e. The summed E-state index contributed by atoms with van der Waals surface area (Å²) in [7, 11) is 0. The lowest BCUT2D eigenvalue weighted by Crippen LogP contribution is -2.32. The summed E-state index contributed by atoms with van der Waals surface area (Å²) in [6.07, 6.45) is 13.3. The molecule has 0 spiro atoms. The summed E-state index contributed by atoms with van der Waals surface area (Å²) in [6, 6.07) is 0. The van der Waals surface area contributed by atoms with E-state index in [2.05, 4.69) is 19.2 Å². The SMILES string of the molecule is CCC(CC(C)C1CCCCC1)C1CCNCC1. The van der Waals surface area contributed by atoms with Crippen molar-refractivity contribution in [2.75, 3.05) is 13.1 Å². The minimum atomic E-state index is 0.977. The largest absolute Gasteiger partial charge is 0.317 e. The molecule has 0 bridgehead atoms. The van der Waals surface area contributed by atoms with Crippen LogP contribution in [0.25, 0.3) is 0 Å². The van der Waals surface area contributed by atoms with Gasteiger partial charge in [0, 0.05) is 0 Å². The van der Waals surface area contributed by atoms with E-state index < -0.39 is 0 Å². The highest BCUT2D eigenvalue weighted by Gasteiger charge is 2.27. The molecule has 1 aliphatic carbocycles. The Morgan fingerprint density at radius 2 is 1.61 bits per heavy atom. The van der Waals surface area contributed by atoms with Crippen molar-refractivity contribution < 1.29 is 0 Å². The molecule has 1 aliphatic heterocycles. The van der Waals surface area contributed by atoms with Gasteiger partial charge in [-0.15, -0.1) is 0 Å². The fraction of sp³-hybridized carbons (Fsp3) is 1.00. The molecule has 2 rings (SSSR count). The lowest BCUT2D eigenvalue weighted by atomic mass is 9.72. The van der Waals surface area contributed by atoms with E-state index in [9.17, 15) is 0 Å². The van der Waals surface area contributed by atoms with Gasteiger partial charge >= 0.3 is 0 Å². The standard InChI is InChI=1S/C17H33N/c1-3-15(17-9-11-18-12-10-17)13-14(2)16-7-5-4-6-8-16/h14-18H,3-13H2,1-2H3. The normalized spacial score (nSPS) is 27.0. The molecule has 1 saturated carbocycles. The van der Waals surface area contributed by atoms with Gasteiger partial charge in [0.15, 0.2) is 0 Å². The van der Waals surface area contributed by atoms with Crippen LogP contribution in [0.5, 0.6) is 0 Å². The number of rotatable bonds is 5. The highest BCUT2D eigenvalue weighted by Crippen LogP contribution is 2.37. The van der Waals surface area contributed by atoms with Gasteiger partial charge < -0.3 is 5.32 Å². The molecule has 1 heterocycles. The minimum absolute atomic E-state index is 0.977. The number of hydrogen-bond acceptors (Lipinski definition) is 1. The minimum Gasteiger partial charge on any atom is -0.317 e. The van der Waals surface area contributed by atoms with Gasteiger partial charge in [0.2, 0.25) is 0 Å². The molecule has 2 aliphatic rings. The van der Waals surface area contributed by atoms with Crippen molar-refractivity contribution in [2.45, 2.75) is 71.6 Å². The van der Waals surface area contributed by atoms with Crippen molar-refractivity contribution in [3.63, 3.8) is 0 Å². The van der Waals surface area contributed by atoms with Crippen molar-refractivity contribution in [1.29, 1.82) is 0 Å². The second-order valence-corrected chi connectivity index (χ2v) is 6.87. The van der Waals surface area contributed by atoms with E-state index >= 15 is 0 Å². The van der Waals surface area contributed by atoms with Crippen LogP contribution in [-0.4, -0.2) is 13.1 Å². The Bertz CT molecular complexity index is 214. The third-order valence-electron chi connectivity index (χ3n) is 5.70. The predicted octanol–water partition coefficient (Wildman–Crippen LogP) is 4.62. The summed E-state index contributed by atoms with van der Waals surface area (Å²) in [6.45, 7) is 7.48. The van der Waals surface area contributed by atoms with Crippen LogP contribution in [-0.2, 0) is 0 Å². The van der Waals surface area contributed by atoms with Crippen molar-refractivity contribution in [2.24, 2.45) is 23.7 Å². The summed E-state index contributed by atoms with van der Waals surface area (Å²) in [5.41, 5.74) is 0. The Balaban J connectivity index is 1.80. The van der Waals surface area contributed by atoms with Crippen LogP contribution in [0.1, 0.15) is 71.6 Å². The van der Waals surface area contributed by atoms with Crippen molar-refractivity contribution in [3.8, 4) is 0 Å². The summed E-state index contributed by atoms with van der Waals surface area (Å²) >= 11 is 0. The number of hydrogen-bond donors (Lipinski definition) is 1. The van der Waals surface area contributed by atoms with Crippen molar-refractivity contribution in [3.05, 3.63) is 0 Å². The van der Waals surface area contributed by atoms with Crippen LogP contribution in [0.2, 0.25) is 0 Å². The van der Waals surface area contributed by atoms with E-state index in [-0.39, 0.29) is 0 Å². The fourth-order valence-corrected chi connectivity index (χ4v) is 4.38. The Hall–Kier alpha value is -0.0400. The zero-order valence-corrected chi connectivity index (χ0v) is 12.6. The van der Waals surface area contributed by atoms with Crippen LogP contribution in [0.3, 0.4) is 0 Å². The highest BCUT2D eigenvalue weighted by atomic mass is 14.9. The molecule has 0 amide bonds. The Labute approximate surface area is 114 Å². The van der Waals surface area contributed by atoms with Crippen LogP contribution in [0.15, 0.2) is 0 Å². The maximum absolute atomic E-state index is 3.51. The van der Waals surface area contributed by atoms with E-state index in [0.29, 0.717) is 0 Å². The topological polar surface area (TPSA) is 12.0 Å². The summed E-state index contributed by atoms with van der Waals surface area (Å²) in [5.74, 6) is 4.05. The van der Waals surface area contributed by atoms with E-state index in [4.69, 9.17) is 0 Å². The first kappa shape index (κ1) is 14.4. The van der Waals surface area contributed by atoms with Gasteiger partial charge in [-0.3, -0.25) is 0 Å². The molecule has 1 N–H and O–H groups in total. The quantitative estimate of drug-likeness (QED) is 0.752. The van der Waals surface area contributed by atoms with Gasteiger partial charge in [0.1, 0.15) is 0 Å². The first-order valence-corrected chi connectivity index (χ1v) is 8.52. The summed E-state index contributed by atoms with van der Waals surface area (Å²) in [5, 5.41) is 3.51. The fourth-order valence-electron chi connectivity index (χ4n) is 4.38. The van der Waals surface area contributed by atoms with Gasteiger partial charge in [-0.2, -0.15) is 0 Å². The number of nitrogens with one attached hydrogen (secondary N) is 1. The molecule has 1 saturated heterocycles. The third kappa shape index (κ3) is 3.98. The average Bonchev–Trinajstić information content (AvgIpc) is 2.46. The first-order chi connectivity index (χ1) is 8.81. The number of piperidine rings is 1. The Morgan fingerprint density at radius 1 is 0.944 bits per heavy atom. The molecule has 0 radical (unpaired) electrons. The lowest BCUT2D eigenvalue weighted by molar-refractivity contribution is 0.170. The molecule has 0 aromatic heterocycles. The predicted molar refractivity (Wildman–Crippen MR) is 79.7 cm³/mol. The van der Waals surface area contributed by atoms with Crippen LogP contribution in [0.4, 0.5) is 0 Å². The maximum atomic E-state index is 3.51. The molecule has 0 aromatic rings. The molecule has 1 nitrogen and oxygen atoms in total. The molecular formula is C17H33N. The molecule has 0 aromatic carbocycles. The Kier molecular flexibility index (Phi) is 6.01. The second kappa shape index (κ2) is 7.53. The van der Waals surface area contributed by atoms with Gasteiger partial charge in [-0.25, -0.2) is 0 Å². The molecule has 1 heteroatoms. The third-order valence-corrected chi connectivity index (χ3v) is 5.70. The Morgan fingerprint density at radius 3 is 2.22 bits per heavy atom. The second-order valence-electron chi connectivity index (χ2n) is 6.87. The lowest BCUT2D eigenvalue weighted by Gasteiger charge is -2.35. The van der Waals surface area contributed by atoms with Gasteiger partial charge in [0.05, 0.1) is 0 Å². The molecule has 2 unspecified atom stereocenters. The highest BCUT2D eigenvalue weighted by molar-refractivity contribution is 4.79. The van der Waals surface area contributed by atoms with Crippen LogP contribution in [0, 0.1) is 23.7 Å². The van der Waals surface area contributed by atoms with E-state index in [1.807, 2.05) is 0 Å². The zero-order chi connectivity index (χ0) is 12.8. The van der Waals surface area contributed by atoms with Crippen molar-refractivity contribution >= 4 is 0 Å².